The third kappa shape index (κ3) is 4.90. The van der Waals surface area contributed by atoms with Crippen LogP contribution in [0.3, 0.4) is 0 Å². The first-order valence-electron chi connectivity index (χ1n) is 15.1. The van der Waals surface area contributed by atoms with Crippen LogP contribution in [0.5, 0.6) is 0 Å². The molecule has 5 heterocycles. The SMILES string of the molecule is CC(=O)N1CCc2c(c(N3CCCc4cc(-c5cnn(C)c5)c(C(F)F)cc43)nn2CC2CCC3(CC2)OCCO3)C1. The van der Waals surface area contributed by atoms with Crippen LogP contribution < -0.4 is 4.90 Å². The van der Waals surface area contributed by atoms with E-state index in [2.05, 4.69) is 14.7 Å². The Morgan fingerprint density at radius 2 is 1.93 bits per heavy atom. The molecule has 7 rings (SSSR count). The number of amides is 1. The van der Waals surface area contributed by atoms with Crippen molar-refractivity contribution < 1.29 is 23.0 Å². The summed E-state index contributed by atoms with van der Waals surface area (Å²) in [5.74, 6) is 0.878. The summed E-state index contributed by atoms with van der Waals surface area (Å²) in [6.07, 6.45) is 7.00. The highest BCUT2D eigenvalue weighted by molar-refractivity contribution is 5.78. The molecule has 1 aromatic carbocycles. The average molecular weight is 581 g/mol. The van der Waals surface area contributed by atoms with Gasteiger partial charge in [-0.05, 0) is 54.9 Å². The monoisotopic (exact) mass is 580 g/mol. The number of alkyl halides is 2. The van der Waals surface area contributed by atoms with Crippen LogP contribution in [0, 0.1) is 5.92 Å². The van der Waals surface area contributed by atoms with E-state index in [4.69, 9.17) is 14.6 Å². The Labute approximate surface area is 244 Å². The Kier molecular flexibility index (Phi) is 7.05. The molecule has 3 aromatic rings. The largest absolute Gasteiger partial charge is 0.348 e. The van der Waals surface area contributed by atoms with Crippen LogP contribution >= 0.6 is 0 Å². The molecule has 42 heavy (non-hydrogen) atoms. The van der Waals surface area contributed by atoms with Crippen LogP contribution in [0.4, 0.5) is 20.3 Å². The van der Waals surface area contributed by atoms with Crippen LogP contribution in [0.25, 0.3) is 11.1 Å². The molecular weight excluding hydrogens is 542 g/mol. The van der Waals surface area contributed by atoms with E-state index >= 15 is 0 Å². The highest BCUT2D eigenvalue weighted by atomic mass is 19.3. The van der Waals surface area contributed by atoms with Crippen molar-refractivity contribution in [1.29, 1.82) is 0 Å². The summed E-state index contributed by atoms with van der Waals surface area (Å²) in [7, 11) is 1.79. The van der Waals surface area contributed by atoms with E-state index in [-0.39, 0.29) is 11.5 Å². The van der Waals surface area contributed by atoms with Gasteiger partial charge < -0.3 is 19.3 Å². The molecule has 1 saturated carbocycles. The quantitative estimate of drug-likeness (QED) is 0.416. The van der Waals surface area contributed by atoms with Gasteiger partial charge in [0.2, 0.25) is 5.91 Å². The number of hydrogen-bond donors (Lipinski definition) is 0. The van der Waals surface area contributed by atoms with E-state index in [9.17, 15) is 13.6 Å². The lowest BCUT2D eigenvalue weighted by Crippen LogP contribution is -2.37. The molecule has 2 aromatic heterocycles. The van der Waals surface area contributed by atoms with Gasteiger partial charge in [-0.15, -0.1) is 0 Å². The van der Waals surface area contributed by atoms with Crippen molar-refractivity contribution in [3.63, 3.8) is 0 Å². The number of ether oxygens (including phenoxy) is 2. The Morgan fingerprint density at radius 1 is 1.14 bits per heavy atom. The van der Waals surface area contributed by atoms with E-state index < -0.39 is 12.2 Å². The average Bonchev–Trinajstić information content (AvgIpc) is 3.72. The van der Waals surface area contributed by atoms with Gasteiger partial charge in [-0.2, -0.15) is 10.2 Å². The zero-order valence-corrected chi connectivity index (χ0v) is 24.3. The lowest BCUT2D eigenvalue weighted by molar-refractivity contribution is -0.183. The number of anilines is 2. The first-order valence-corrected chi connectivity index (χ1v) is 15.1. The van der Waals surface area contributed by atoms with Gasteiger partial charge in [0.1, 0.15) is 0 Å². The van der Waals surface area contributed by atoms with Crippen LogP contribution in [0.1, 0.15) is 67.8 Å². The molecule has 1 aliphatic carbocycles. The van der Waals surface area contributed by atoms with Gasteiger partial charge >= 0.3 is 0 Å². The van der Waals surface area contributed by atoms with Gasteiger partial charge in [0.05, 0.1) is 26.0 Å². The van der Waals surface area contributed by atoms with Crippen LogP contribution in [0.15, 0.2) is 24.5 Å². The Morgan fingerprint density at radius 3 is 2.62 bits per heavy atom. The molecule has 0 atom stereocenters. The minimum Gasteiger partial charge on any atom is -0.348 e. The van der Waals surface area contributed by atoms with Gasteiger partial charge in [-0.25, -0.2) is 8.78 Å². The number of aromatic nitrogens is 4. The topological polar surface area (TPSA) is 77.7 Å². The molecule has 2 fully saturated rings. The standard InChI is InChI=1S/C31H38F2N6O3/c1-20(40)37-11-7-27-26(19-37)30(35-39(27)17-21-5-8-31(9-6-21)41-12-13-42-31)38-10-3-4-22-14-24(23-16-34-36(2)18-23)25(29(32)33)15-28(22)38/h14-16,18,21,29H,3-13,17,19H2,1-2H3. The lowest BCUT2D eigenvalue weighted by Gasteiger charge is -2.35. The first kappa shape index (κ1) is 27.5. The van der Waals surface area contributed by atoms with Crippen molar-refractivity contribution >= 4 is 17.4 Å². The molecule has 11 heteroatoms. The van der Waals surface area contributed by atoms with Gasteiger partial charge in [-0.1, -0.05) is 0 Å². The molecule has 224 valence electrons. The molecule has 1 saturated heterocycles. The van der Waals surface area contributed by atoms with E-state index in [0.29, 0.717) is 49.9 Å². The fourth-order valence-corrected chi connectivity index (χ4v) is 7.30. The fraction of sp³-hybridized carbons (Fsp3) is 0.581. The predicted molar refractivity (Wildman–Crippen MR) is 153 cm³/mol. The molecule has 3 aliphatic heterocycles. The minimum atomic E-state index is -2.63. The summed E-state index contributed by atoms with van der Waals surface area (Å²) < 4.78 is 44.6. The zero-order chi connectivity index (χ0) is 29.0. The number of hydrogen-bond acceptors (Lipinski definition) is 6. The summed E-state index contributed by atoms with van der Waals surface area (Å²) in [6, 6.07) is 3.57. The summed E-state index contributed by atoms with van der Waals surface area (Å²) in [4.78, 5) is 16.4. The molecule has 0 bridgehead atoms. The Bertz CT molecular complexity index is 1480. The molecule has 0 N–H and O–H groups in total. The highest BCUT2D eigenvalue weighted by Gasteiger charge is 2.41. The van der Waals surface area contributed by atoms with E-state index in [0.717, 1.165) is 79.8 Å². The summed E-state index contributed by atoms with van der Waals surface area (Å²) in [5.41, 5.74) is 5.22. The number of halogens is 2. The van der Waals surface area contributed by atoms with Crippen molar-refractivity contribution in [2.24, 2.45) is 13.0 Å². The summed E-state index contributed by atoms with van der Waals surface area (Å²) in [6.45, 7) is 5.56. The van der Waals surface area contributed by atoms with Crippen molar-refractivity contribution in [3.05, 3.63) is 46.9 Å². The second kappa shape index (κ2) is 10.8. The number of carbonyl (C=O) groups excluding carboxylic acids is 1. The van der Waals surface area contributed by atoms with Gasteiger partial charge in [-0.3, -0.25) is 14.2 Å². The van der Waals surface area contributed by atoms with Gasteiger partial charge in [0, 0.05) is 87.1 Å². The number of fused-ring (bicyclic) bond motifs is 2. The maximum atomic E-state index is 14.5. The zero-order valence-electron chi connectivity index (χ0n) is 24.3. The van der Waals surface area contributed by atoms with Crippen molar-refractivity contribution in [3.8, 4) is 11.1 Å². The predicted octanol–water partition coefficient (Wildman–Crippen LogP) is 5.14. The summed E-state index contributed by atoms with van der Waals surface area (Å²) >= 11 is 0. The molecule has 0 radical (unpaired) electrons. The normalized spacial score (nSPS) is 20.4. The van der Waals surface area contributed by atoms with Crippen LogP contribution in [-0.2, 0) is 47.2 Å². The highest BCUT2D eigenvalue weighted by Crippen LogP contribution is 2.44. The summed E-state index contributed by atoms with van der Waals surface area (Å²) in [5, 5.41) is 9.40. The lowest BCUT2D eigenvalue weighted by atomic mass is 9.85. The third-order valence-corrected chi connectivity index (χ3v) is 9.55. The molecule has 1 amide bonds. The number of benzene rings is 1. The Hall–Kier alpha value is -3.31. The number of rotatable bonds is 5. The van der Waals surface area contributed by atoms with E-state index in [1.54, 1.807) is 37.1 Å². The third-order valence-electron chi connectivity index (χ3n) is 9.55. The fourth-order valence-electron chi connectivity index (χ4n) is 7.30. The van der Waals surface area contributed by atoms with Crippen LogP contribution in [0.2, 0.25) is 0 Å². The molecule has 4 aliphatic rings. The second-order valence-corrected chi connectivity index (χ2v) is 12.2. The maximum Gasteiger partial charge on any atom is 0.264 e. The molecular formula is C31H38F2N6O3. The number of nitrogens with zero attached hydrogens (tertiary/aromatic N) is 6. The van der Waals surface area contributed by atoms with Gasteiger partial charge in [0.15, 0.2) is 11.6 Å². The molecule has 9 nitrogen and oxygen atoms in total. The Balaban J connectivity index is 1.25. The van der Waals surface area contributed by atoms with Crippen molar-refractivity contribution in [2.75, 3.05) is 31.2 Å². The van der Waals surface area contributed by atoms with Crippen molar-refractivity contribution in [1.82, 2.24) is 24.5 Å². The number of aryl methyl sites for hydroxylation is 2. The van der Waals surface area contributed by atoms with E-state index in [1.165, 1.54) is 0 Å². The smallest absolute Gasteiger partial charge is 0.264 e. The van der Waals surface area contributed by atoms with Crippen LogP contribution in [-0.4, -0.2) is 62.5 Å². The molecule has 0 unspecified atom stereocenters. The maximum absolute atomic E-state index is 14.5. The van der Waals surface area contributed by atoms with E-state index in [1.807, 2.05) is 11.0 Å². The second-order valence-electron chi connectivity index (χ2n) is 12.2. The van der Waals surface area contributed by atoms with Gasteiger partial charge in [0.25, 0.3) is 6.43 Å². The molecule has 1 spiro atoms. The first-order chi connectivity index (χ1) is 20.3. The number of carbonyl (C=O) groups is 1. The minimum absolute atomic E-state index is 0.000187. The van der Waals surface area contributed by atoms with Crippen molar-refractivity contribution in [2.45, 2.75) is 77.2 Å².